The number of alkyl halides is 3. The minimum absolute atomic E-state index is 0. The highest BCUT2D eigenvalue weighted by Gasteiger charge is 2.32. The third kappa shape index (κ3) is 3.11. The van der Waals surface area contributed by atoms with Crippen molar-refractivity contribution < 1.29 is 13.2 Å². The lowest BCUT2D eigenvalue weighted by Gasteiger charge is -2.15. The zero-order valence-corrected chi connectivity index (χ0v) is 9.25. The van der Waals surface area contributed by atoms with E-state index in [4.69, 9.17) is 5.73 Å². The summed E-state index contributed by atoms with van der Waals surface area (Å²) in [4.78, 5) is 0. The molecule has 0 aliphatic rings. The topological polar surface area (TPSA) is 26.0 Å². The summed E-state index contributed by atoms with van der Waals surface area (Å²) >= 11 is 0. The average molecular weight is 240 g/mol. The fraction of sp³-hybridized carbons (Fsp3) is 0.400. The van der Waals surface area contributed by atoms with Crippen LogP contribution in [0.15, 0.2) is 18.2 Å². The normalized spacial score (nSPS) is 13.2. The number of rotatable bonds is 1. The predicted molar refractivity (Wildman–Crippen MR) is 56.0 cm³/mol. The molecule has 0 bridgehead atoms. The summed E-state index contributed by atoms with van der Waals surface area (Å²) in [5, 5.41) is 0. The van der Waals surface area contributed by atoms with Crippen molar-refractivity contribution in [3.8, 4) is 0 Å². The van der Waals surface area contributed by atoms with Gasteiger partial charge in [0.2, 0.25) is 0 Å². The van der Waals surface area contributed by atoms with Crippen molar-refractivity contribution in [2.75, 3.05) is 0 Å². The zero-order chi connectivity index (χ0) is 10.9. The summed E-state index contributed by atoms with van der Waals surface area (Å²) in [6, 6.07) is 3.70. The van der Waals surface area contributed by atoms with Gasteiger partial charge in [0.25, 0.3) is 0 Å². The zero-order valence-electron chi connectivity index (χ0n) is 8.43. The van der Waals surface area contributed by atoms with Crippen LogP contribution in [-0.4, -0.2) is 0 Å². The van der Waals surface area contributed by atoms with Crippen molar-refractivity contribution in [3.05, 3.63) is 34.9 Å². The number of hydrogen-bond donors (Lipinski definition) is 1. The van der Waals surface area contributed by atoms with Gasteiger partial charge in [0, 0.05) is 6.04 Å². The Balaban J connectivity index is 0.00000196. The first-order chi connectivity index (χ1) is 6.34. The fourth-order valence-corrected chi connectivity index (χ4v) is 1.45. The minimum atomic E-state index is -4.30. The number of nitrogens with two attached hydrogens (primary N) is 1. The Morgan fingerprint density at radius 3 is 2.20 bits per heavy atom. The quantitative estimate of drug-likeness (QED) is 0.798. The number of halogens is 4. The van der Waals surface area contributed by atoms with E-state index in [1.807, 2.05) is 0 Å². The molecule has 1 atom stereocenters. The van der Waals surface area contributed by atoms with Crippen LogP contribution < -0.4 is 5.73 Å². The fourth-order valence-electron chi connectivity index (χ4n) is 1.45. The van der Waals surface area contributed by atoms with Gasteiger partial charge in [-0.05, 0) is 31.0 Å². The van der Waals surface area contributed by atoms with Crippen molar-refractivity contribution in [1.82, 2.24) is 0 Å². The van der Waals surface area contributed by atoms with Gasteiger partial charge in [0.1, 0.15) is 0 Å². The van der Waals surface area contributed by atoms with Gasteiger partial charge >= 0.3 is 6.18 Å². The molecule has 1 aromatic carbocycles. The molecule has 0 heterocycles. The molecule has 86 valence electrons. The molecule has 0 spiro atoms. The van der Waals surface area contributed by atoms with E-state index in [0.717, 1.165) is 6.07 Å². The van der Waals surface area contributed by atoms with E-state index in [1.54, 1.807) is 13.0 Å². The van der Waals surface area contributed by atoms with Gasteiger partial charge in [-0.15, -0.1) is 12.4 Å². The van der Waals surface area contributed by atoms with Crippen molar-refractivity contribution in [1.29, 1.82) is 0 Å². The van der Waals surface area contributed by atoms with Crippen LogP contribution in [0.1, 0.15) is 29.7 Å². The Labute approximate surface area is 92.9 Å². The van der Waals surface area contributed by atoms with Crippen LogP contribution in [-0.2, 0) is 6.18 Å². The molecule has 2 N–H and O–H groups in total. The van der Waals surface area contributed by atoms with Gasteiger partial charge in [0.05, 0.1) is 5.56 Å². The van der Waals surface area contributed by atoms with Crippen molar-refractivity contribution in [3.63, 3.8) is 0 Å². The monoisotopic (exact) mass is 239 g/mol. The third-order valence-corrected chi connectivity index (χ3v) is 2.17. The van der Waals surface area contributed by atoms with Gasteiger partial charge < -0.3 is 5.73 Å². The standard InChI is InChI=1S/C10H12F3N.ClH/c1-6-8(7(2)14)4-3-5-9(6)10(11,12)13;/h3-5,7H,14H2,1-2H3;1H. The van der Waals surface area contributed by atoms with Gasteiger partial charge in [0.15, 0.2) is 0 Å². The summed E-state index contributed by atoms with van der Waals surface area (Å²) < 4.78 is 37.4. The SMILES string of the molecule is Cc1c(C(C)N)cccc1C(F)(F)F.Cl. The molecule has 1 rings (SSSR count). The first kappa shape index (κ1) is 14.3. The number of hydrogen-bond acceptors (Lipinski definition) is 1. The second kappa shape index (κ2) is 4.86. The Morgan fingerprint density at radius 1 is 1.27 bits per heavy atom. The Kier molecular flexibility index (Phi) is 4.62. The molecule has 0 saturated heterocycles. The highest BCUT2D eigenvalue weighted by molar-refractivity contribution is 5.85. The maximum Gasteiger partial charge on any atom is 0.416 e. The van der Waals surface area contributed by atoms with Crippen molar-refractivity contribution >= 4 is 12.4 Å². The van der Waals surface area contributed by atoms with Crippen LogP contribution in [0.25, 0.3) is 0 Å². The number of benzene rings is 1. The van der Waals surface area contributed by atoms with Crippen LogP contribution in [0.2, 0.25) is 0 Å². The van der Waals surface area contributed by atoms with Gasteiger partial charge in [-0.2, -0.15) is 13.2 Å². The molecule has 1 unspecified atom stereocenters. The summed E-state index contributed by atoms with van der Waals surface area (Å²) in [7, 11) is 0. The van der Waals surface area contributed by atoms with Crippen LogP contribution >= 0.6 is 12.4 Å². The maximum absolute atomic E-state index is 12.5. The summed E-state index contributed by atoms with van der Waals surface area (Å²) in [5.41, 5.74) is 5.71. The molecule has 5 heteroatoms. The van der Waals surface area contributed by atoms with E-state index >= 15 is 0 Å². The van der Waals surface area contributed by atoms with E-state index < -0.39 is 11.7 Å². The van der Waals surface area contributed by atoms with Crippen molar-refractivity contribution in [2.24, 2.45) is 5.73 Å². The second-order valence-corrected chi connectivity index (χ2v) is 3.31. The van der Waals surface area contributed by atoms with Crippen LogP contribution in [0.4, 0.5) is 13.2 Å². The molecule has 0 radical (unpaired) electrons. The van der Waals surface area contributed by atoms with Crippen LogP contribution in [0, 0.1) is 6.92 Å². The highest BCUT2D eigenvalue weighted by atomic mass is 35.5. The average Bonchev–Trinajstić information content (AvgIpc) is 2.01. The first-order valence-electron chi connectivity index (χ1n) is 4.26. The molecule has 0 fully saturated rings. The van der Waals surface area contributed by atoms with E-state index in [-0.39, 0.29) is 24.0 Å². The molecular formula is C10H13ClF3N. The lowest BCUT2D eigenvalue weighted by atomic mass is 9.98. The molecule has 0 amide bonds. The smallest absolute Gasteiger partial charge is 0.324 e. The maximum atomic E-state index is 12.5. The summed E-state index contributed by atoms with van der Waals surface area (Å²) in [5.74, 6) is 0. The van der Waals surface area contributed by atoms with Crippen LogP contribution in [0.5, 0.6) is 0 Å². The Morgan fingerprint density at radius 2 is 1.80 bits per heavy atom. The second-order valence-electron chi connectivity index (χ2n) is 3.31. The highest BCUT2D eigenvalue weighted by Crippen LogP contribution is 2.33. The Bertz CT molecular complexity index is 334. The molecule has 15 heavy (non-hydrogen) atoms. The van der Waals surface area contributed by atoms with E-state index in [1.165, 1.54) is 13.0 Å². The molecular weight excluding hydrogens is 227 g/mol. The molecule has 0 saturated carbocycles. The molecule has 0 aliphatic carbocycles. The van der Waals surface area contributed by atoms with Gasteiger partial charge in [-0.1, -0.05) is 12.1 Å². The van der Waals surface area contributed by atoms with Crippen molar-refractivity contribution in [2.45, 2.75) is 26.1 Å². The largest absolute Gasteiger partial charge is 0.416 e. The van der Waals surface area contributed by atoms with E-state index in [9.17, 15) is 13.2 Å². The third-order valence-electron chi connectivity index (χ3n) is 2.17. The molecule has 0 aromatic heterocycles. The lowest BCUT2D eigenvalue weighted by molar-refractivity contribution is -0.138. The summed E-state index contributed by atoms with van der Waals surface area (Å²) in [6.45, 7) is 3.12. The van der Waals surface area contributed by atoms with Gasteiger partial charge in [-0.25, -0.2) is 0 Å². The Hall–Kier alpha value is -0.740. The predicted octanol–water partition coefficient (Wildman–Crippen LogP) is 3.46. The van der Waals surface area contributed by atoms with Gasteiger partial charge in [-0.3, -0.25) is 0 Å². The molecule has 1 nitrogen and oxygen atoms in total. The van der Waals surface area contributed by atoms with E-state index in [0.29, 0.717) is 5.56 Å². The van der Waals surface area contributed by atoms with E-state index in [2.05, 4.69) is 0 Å². The minimum Gasteiger partial charge on any atom is -0.324 e. The molecule has 1 aromatic rings. The summed E-state index contributed by atoms with van der Waals surface area (Å²) in [6.07, 6.45) is -4.30. The lowest BCUT2D eigenvalue weighted by Crippen LogP contribution is -2.13. The first-order valence-corrected chi connectivity index (χ1v) is 4.26. The molecule has 0 aliphatic heterocycles. The van der Waals surface area contributed by atoms with Crippen LogP contribution in [0.3, 0.4) is 0 Å².